The van der Waals surface area contributed by atoms with Gasteiger partial charge in [0.1, 0.15) is 6.10 Å². The zero-order chi connectivity index (χ0) is 19.4. The number of oxime groups is 2. The maximum Gasteiger partial charge on any atom is 0.356 e. The van der Waals surface area contributed by atoms with Gasteiger partial charge in [0.2, 0.25) is 18.3 Å². The van der Waals surface area contributed by atoms with Crippen molar-refractivity contribution in [2.75, 3.05) is 27.6 Å². The Morgan fingerprint density at radius 3 is 2.70 bits per heavy atom. The highest BCUT2D eigenvalue weighted by Gasteiger charge is 2.34. The molecule has 0 saturated carbocycles. The molecular weight excluding hydrogens is 360 g/mol. The molecule has 0 unspecified atom stereocenters. The molecule has 0 saturated heterocycles. The first kappa shape index (κ1) is 18.6. The molecule has 2 heterocycles. The lowest BCUT2D eigenvalue weighted by molar-refractivity contribution is -0.135. The van der Waals surface area contributed by atoms with Gasteiger partial charge in [-0.25, -0.2) is 4.79 Å². The molecule has 1 atom stereocenters. The van der Waals surface area contributed by atoms with Crippen LogP contribution in [0.4, 0.5) is 0 Å². The lowest BCUT2D eigenvalue weighted by Gasteiger charge is -2.19. The van der Waals surface area contributed by atoms with E-state index in [9.17, 15) is 4.79 Å². The minimum Gasteiger partial charge on any atom is -0.492 e. The average Bonchev–Trinajstić information content (AvgIpc) is 3.33. The van der Waals surface area contributed by atoms with E-state index in [0.717, 1.165) is 0 Å². The standard InChI is InChI=1S/C17H20N2O8/c1-4-24-17(20)12-6-9(27-19-12)5-10-11(7-18-21)14-16(26-8-25-14)15(23-3)13(10)22-2/h7,9,21H,4-6,8H2,1-3H3/b18-7-/t9-/m1/s1. The molecule has 10 heteroatoms. The first-order chi connectivity index (χ1) is 13.1. The van der Waals surface area contributed by atoms with E-state index in [-0.39, 0.29) is 25.5 Å². The molecule has 0 radical (unpaired) electrons. The minimum atomic E-state index is -0.507. The van der Waals surface area contributed by atoms with E-state index in [0.29, 0.717) is 40.5 Å². The molecule has 0 bridgehead atoms. The van der Waals surface area contributed by atoms with Gasteiger partial charge in [-0.3, -0.25) is 0 Å². The van der Waals surface area contributed by atoms with Crippen LogP contribution >= 0.6 is 0 Å². The zero-order valence-corrected chi connectivity index (χ0v) is 15.2. The second-order valence-corrected chi connectivity index (χ2v) is 5.66. The molecule has 2 aliphatic heterocycles. The van der Waals surface area contributed by atoms with E-state index in [1.165, 1.54) is 20.4 Å². The smallest absolute Gasteiger partial charge is 0.356 e. The van der Waals surface area contributed by atoms with E-state index in [4.69, 9.17) is 33.7 Å². The maximum absolute atomic E-state index is 11.8. The Bertz CT molecular complexity index is 790. The number of ether oxygens (including phenoxy) is 5. The number of hydrogen-bond acceptors (Lipinski definition) is 10. The summed E-state index contributed by atoms with van der Waals surface area (Å²) in [7, 11) is 2.97. The first-order valence-corrected chi connectivity index (χ1v) is 8.28. The van der Waals surface area contributed by atoms with Gasteiger partial charge >= 0.3 is 5.97 Å². The molecule has 0 aliphatic carbocycles. The van der Waals surface area contributed by atoms with Gasteiger partial charge in [-0.1, -0.05) is 10.3 Å². The Balaban J connectivity index is 1.94. The van der Waals surface area contributed by atoms with Crippen molar-refractivity contribution in [3.05, 3.63) is 11.1 Å². The first-order valence-electron chi connectivity index (χ1n) is 8.28. The Hall–Kier alpha value is -3.17. The number of benzene rings is 1. The molecule has 1 N–H and O–H groups in total. The van der Waals surface area contributed by atoms with E-state index in [1.807, 2.05) is 0 Å². The number of rotatable bonds is 7. The highest BCUT2D eigenvalue weighted by atomic mass is 16.7. The molecule has 1 aromatic carbocycles. The van der Waals surface area contributed by atoms with Gasteiger partial charge in [-0.05, 0) is 6.92 Å². The predicted molar refractivity (Wildman–Crippen MR) is 92.3 cm³/mol. The van der Waals surface area contributed by atoms with Crippen LogP contribution in [0.5, 0.6) is 23.0 Å². The van der Waals surface area contributed by atoms with Crippen LogP contribution < -0.4 is 18.9 Å². The summed E-state index contributed by atoms with van der Waals surface area (Å²) in [6.07, 6.45) is 1.36. The Labute approximate surface area is 155 Å². The summed E-state index contributed by atoms with van der Waals surface area (Å²) in [5.74, 6) is 0.991. The molecule has 146 valence electrons. The molecule has 10 nitrogen and oxygen atoms in total. The van der Waals surface area contributed by atoms with E-state index < -0.39 is 12.1 Å². The van der Waals surface area contributed by atoms with Crippen molar-refractivity contribution in [2.45, 2.75) is 25.9 Å². The van der Waals surface area contributed by atoms with E-state index in [2.05, 4.69) is 10.3 Å². The number of nitrogens with zero attached hydrogens (tertiary/aromatic N) is 2. The van der Waals surface area contributed by atoms with Crippen LogP contribution in [0.15, 0.2) is 10.3 Å². The van der Waals surface area contributed by atoms with E-state index >= 15 is 0 Å². The molecule has 3 rings (SSSR count). The van der Waals surface area contributed by atoms with Crippen molar-refractivity contribution in [1.82, 2.24) is 0 Å². The Kier molecular flexibility index (Phi) is 5.53. The number of carbonyl (C=O) groups excluding carboxylic acids is 1. The second kappa shape index (κ2) is 8.02. The number of hydrogen-bond donors (Lipinski definition) is 1. The van der Waals surface area contributed by atoms with Crippen molar-refractivity contribution < 1.29 is 38.5 Å². The summed E-state index contributed by atoms with van der Waals surface area (Å²) in [6.45, 7) is 1.98. The Morgan fingerprint density at radius 1 is 1.30 bits per heavy atom. The van der Waals surface area contributed by atoms with Crippen LogP contribution in [0, 0.1) is 0 Å². The monoisotopic (exact) mass is 380 g/mol. The van der Waals surface area contributed by atoms with Gasteiger partial charge in [0.15, 0.2) is 17.2 Å². The summed E-state index contributed by atoms with van der Waals surface area (Å²) in [4.78, 5) is 17.2. The van der Waals surface area contributed by atoms with Crippen LogP contribution in [-0.2, 0) is 20.8 Å². The van der Waals surface area contributed by atoms with Crippen molar-refractivity contribution in [1.29, 1.82) is 0 Å². The molecule has 2 aliphatic rings. The predicted octanol–water partition coefficient (Wildman–Crippen LogP) is 1.49. The van der Waals surface area contributed by atoms with Crippen LogP contribution in [0.25, 0.3) is 0 Å². The van der Waals surface area contributed by atoms with E-state index in [1.54, 1.807) is 6.92 Å². The molecule has 0 amide bonds. The zero-order valence-electron chi connectivity index (χ0n) is 15.2. The number of esters is 1. The van der Waals surface area contributed by atoms with Crippen LogP contribution in [-0.4, -0.2) is 56.8 Å². The number of carbonyl (C=O) groups is 1. The van der Waals surface area contributed by atoms with Crippen molar-refractivity contribution in [2.24, 2.45) is 10.3 Å². The van der Waals surface area contributed by atoms with Crippen LogP contribution in [0.1, 0.15) is 24.5 Å². The SMILES string of the molecule is CCOC(=O)C1=NO[C@H](Cc2c(/C=N\O)c3c(c(OC)c2OC)OCO3)C1. The maximum atomic E-state index is 11.8. The molecule has 0 spiro atoms. The summed E-state index contributed by atoms with van der Waals surface area (Å²) >= 11 is 0. The fourth-order valence-corrected chi connectivity index (χ4v) is 3.05. The van der Waals surface area contributed by atoms with Crippen molar-refractivity contribution in [3.8, 4) is 23.0 Å². The van der Waals surface area contributed by atoms with Crippen molar-refractivity contribution >= 4 is 17.9 Å². The highest BCUT2D eigenvalue weighted by molar-refractivity contribution is 6.36. The third-order valence-corrected chi connectivity index (χ3v) is 4.14. The third-order valence-electron chi connectivity index (χ3n) is 4.14. The average molecular weight is 380 g/mol. The largest absolute Gasteiger partial charge is 0.492 e. The van der Waals surface area contributed by atoms with Crippen LogP contribution in [0.2, 0.25) is 0 Å². The second-order valence-electron chi connectivity index (χ2n) is 5.66. The highest BCUT2D eigenvalue weighted by Crippen LogP contribution is 2.51. The van der Waals surface area contributed by atoms with Gasteiger partial charge < -0.3 is 33.7 Å². The lowest BCUT2D eigenvalue weighted by Crippen LogP contribution is -2.20. The lowest BCUT2D eigenvalue weighted by atomic mass is 9.96. The summed E-state index contributed by atoms with van der Waals surface area (Å²) in [6, 6.07) is 0. The van der Waals surface area contributed by atoms with Gasteiger partial charge in [0.05, 0.1) is 27.0 Å². The summed E-state index contributed by atoms with van der Waals surface area (Å²) < 4.78 is 26.9. The quantitative estimate of drug-likeness (QED) is 0.327. The Morgan fingerprint density at radius 2 is 2.04 bits per heavy atom. The molecule has 1 aromatic rings. The van der Waals surface area contributed by atoms with Gasteiger partial charge in [0, 0.05) is 24.0 Å². The molecule has 27 heavy (non-hydrogen) atoms. The normalized spacial score (nSPS) is 17.6. The summed E-state index contributed by atoms with van der Waals surface area (Å²) in [5.41, 5.74) is 1.29. The molecule has 0 fully saturated rings. The van der Waals surface area contributed by atoms with Gasteiger partial charge in [-0.15, -0.1) is 0 Å². The molecule has 0 aromatic heterocycles. The third kappa shape index (κ3) is 3.42. The van der Waals surface area contributed by atoms with Crippen molar-refractivity contribution in [3.63, 3.8) is 0 Å². The van der Waals surface area contributed by atoms with Gasteiger partial charge in [-0.2, -0.15) is 0 Å². The minimum absolute atomic E-state index is 0.000611. The van der Waals surface area contributed by atoms with Gasteiger partial charge in [0.25, 0.3) is 0 Å². The molecular formula is C17H20N2O8. The van der Waals surface area contributed by atoms with Crippen LogP contribution in [0.3, 0.4) is 0 Å². The fourth-order valence-electron chi connectivity index (χ4n) is 3.05. The topological polar surface area (TPSA) is 117 Å². The number of methoxy groups -OCH3 is 2. The number of fused-ring (bicyclic) bond motifs is 1. The fraction of sp³-hybridized carbons (Fsp3) is 0.471. The summed E-state index contributed by atoms with van der Waals surface area (Å²) in [5, 5.41) is 16.0.